The number of amides is 1. The molecule has 172 valence electrons. The maximum absolute atomic E-state index is 13.4. The monoisotopic (exact) mass is 445 g/mol. The second-order valence-electron chi connectivity index (χ2n) is 9.94. The average molecular weight is 446 g/mol. The van der Waals surface area contributed by atoms with E-state index in [4.69, 9.17) is 4.98 Å². The highest BCUT2D eigenvalue weighted by molar-refractivity contribution is 5.79. The van der Waals surface area contributed by atoms with Gasteiger partial charge in [-0.1, -0.05) is 30.3 Å². The molecular weight excluding hydrogens is 414 g/mol. The molecule has 0 spiro atoms. The number of fused-ring (bicyclic) bond motifs is 2. The molecule has 2 fully saturated rings. The van der Waals surface area contributed by atoms with E-state index >= 15 is 0 Å². The maximum atomic E-state index is 13.4. The van der Waals surface area contributed by atoms with Crippen LogP contribution in [0, 0.1) is 5.92 Å². The van der Waals surface area contributed by atoms with Gasteiger partial charge < -0.3 is 4.90 Å². The Morgan fingerprint density at radius 2 is 1.94 bits per heavy atom. The number of nitrogens with zero attached hydrogens (tertiary/aromatic N) is 4. The molecule has 1 saturated carbocycles. The van der Waals surface area contributed by atoms with Crippen LogP contribution in [0.1, 0.15) is 60.7 Å². The number of hydrogen-bond donors (Lipinski definition) is 1. The van der Waals surface area contributed by atoms with E-state index in [-0.39, 0.29) is 17.5 Å². The molecule has 3 aliphatic rings. The van der Waals surface area contributed by atoms with Crippen molar-refractivity contribution in [3.8, 4) is 0 Å². The Balaban J connectivity index is 1.28. The molecule has 2 aromatic heterocycles. The quantitative estimate of drug-likeness (QED) is 0.655. The average Bonchev–Trinajstić information content (AvgIpc) is 3.55. The smallest absolute Gasteiger partial charge is 0.277 e. The first-order chi connectivity index (χ1) is 16.2. The Hall–Kier alpha value is -2.93. The first kappa shape index (κ1) is 20.7. The largest absolute Gasteiger partial charge is 0.334 e. The lowest BCUT2D eigenvalue weighted by Gasteiger charge is -2.35. The van der Waals surface area contributed by atoms with E-state index in [0.29, 0.717) is 18.6 Å². The second kappa shape index (κ2) is 8.45. The summed E-state index contributed by atoms with van der Waals surface area (Å²) in [5, 5.41) is 3.33. The summed E-state index contributed by atoms with van der Waals surface area (Å²) in [6.45, 7) is 3.52. The summed E-state index contributed by atoms with van der Waals surface area (Å²) in [5.41, 5.74) is 4.40. The van der Waals surface area contributed by atoms with Crippen LogP contribution in [0.15, 0.2) is 41.2 Å². The molecule has 7 nitrogen and oxygen atoms in total. The normalized spacial score (nSPS) is 21.3. The molecule has 7 heteroatoms. The van der Waals surface area contributed by atoms with Crippen molar-refractivity contribution in [1.29, 1.82) is 0 Å². The van der Waals surface area contributed by atoms with Crippen LogP contribution < -0.4 is 5.56 Å². The number of nitrogens with one attached hydrogen (secondary N) is 1. The molecule has 0 radical (unpaired) electrons. The van der Waals surface area contributed by atoms with Crippen LogP contribution in [0.2, 0.25) is 0 Å². The Kier molecular flexibility index (Phi) is 5.29. The summed E-state index contributed by atoms with van der Waals surface area (Å²) in [5.74, 6) is 0.952. The highest BCUT2D eigenvalue weighted by atomic mass is 16.2. The Morgan fingerprint density at radius 3 is 2.76 bits per heavy atom. The minimum absolute atomic E-state index is 0.0136. The highest BCUT2D eigenvalue weighted by Gasteiger charge is 2.31. The first-order valence-corrected chi connectivity index (χ1v) is 12.3. The van der Waals surface area contributed by atoms with Gasteiger partial charge in [-0.3, -0.25) is 19.6 Å². The van der Waals surface area contributed by atoms with E-state index in [1.54, 1.807) is 4.52 Å². The molecule has 4 heterocycles. The molecule has 0 unspecified atom stereocenters. The fraction of sp³-hybridized carbons (Fsp3) is 0.500. The van der Waals surface area contributed by atoms with Crippen LogP contribution in [0.5, 0.6) is 0 Å². The molecule has 1 saturated heterocycles. The van der Waals surface area contributed by atoms with Gasteiger partial charge in [0.1, 0.15) is 0 Å². The van der Waals surface area contributed by atoms with Crippen LogP contribution >= 0.6 is 0 Å². The van der Waals surface area contributed by atoms with Crippen molar-refractivity contribution in [3.63, 3.8) is 0 Å². The third-order valence-corrected chi connectivity index (χ3v) is 7.45. The van der Waals surface area contributed by atoms with Crippen molar-refractivity contribution in [3.05, 3.63) is 69.3 Å². The van der Waals surface area contributed by atoms with E-state index in [9.17, 15) is 9.59 Å². The number of carbonyl (C=O) groups is 1. The summed E-state index contributed by atoms with van der Waals surface area (Å²) in [6, 6.07) is 11.9. The first-order valence-electron chi connectivity index (χ1n) is 12.3. The van der Waals surface area contributed by atoms with Crippen molar-refractivity contribution < 1.29 is 4.79 Å². The maximum Gasteiger partial charge on any atom is 0.277 e. The van der Waals surface area contributed by atoms with Crippen LogP contribution in [0.3, 0.4) is 0 Å². The molecule has 33 heavy (non-hydrogen) atoms. The fourth-order valence-corrected chi connectivity index (χ4v) is 5.47. The standard InChI is InChI=1S/C26H31N5O2/c32-25(14-18-6-2-1-3-7-18)30-12-5-4-8-23(30)22-15-24-27-21-11-13-29(16-19-9-10-19)17-20(21)26(33)31(24)28-22/h1-3,6-7,15,19,23,28H,4-5,8-14,16-17H2/t23-/m0/s1. The molecule has 3 aromatic rings. The summed E-state index contributed by atoms with van der Waals surface area (Å²) in [6.07, 6.45) is 6.86. The van der Waals surface area contributed by atoms with Crippen molar-refractivity contribution in [2.45, 2.75) is 57.5 Å². The summed E-state index contributed by atoms with van der Waals surface area (Å²) in [4.78, 5) is 35.8. The number of likely N-dealkylation sites (tertiary alicyclic amines) is 1. The molecule has 6 rings (SSSR count). The molecule has 2 aliphatic heterocycles. The summed E-state index contributed by atoms with van der Waals surface area (Å²) >= 11 is 0. The topological polar surface area (TPSA) is 73.7 Å². The van der Waals surface area contributed by atoms with Gasteiger partial charge in [0.05, 0.1) is 29.4 Å². The fourth-order valence-electron chi connectivity index (χ4n) is 5.47. The Bertz CT molecular complexity index is 1230. The molecule has 1 atom stereocenters. The van der Waals surface area contributed by atoms with E-state index in [1.807, 2.05) is 41.3 Å². The highest BCUT2D eigenvalue weighted by Crippen LogP contribution is 2.32. The molecular formula is C26H31N5O2. The number of rotatable bonds is 5. The lowest BCUT2D eigenvalue weighted by Crippen LogP contribution is -2.39. The van der Waals surface area contributed by atoms with Gasteiger partial charge in [0, 0.05) is 38.7 Å². The minimum Gasteiger partial charge on any atom is -0.334 e. The molecule has 1 aromatic carbocycles. The SMILES string of the molecule is O=C(Cc1ccccc1)N1CCCC[C@H]1c1cc2nc3c(c(=O)n2[nH]1)CN(CC1CC1)CC3. The van der Waals surface area contributed by atoms with Gasteiger partial charge in [-0.15, -0.1) is 0 Å². The number of aromatic amines is 1. The van der Waals surface area contributed by atoms with Gasteiger partial charge >= 0.3 is 0 Å². The van der Waals surface area contributed by atoms with E-state index in [0.717, 1.165) is 73.8 Å². The van der Waals surface area contributed by atoms with Crippen LogP contribution in [0.25, 0.3) is 5.65 Å². The van der Waals surface area contributed by atoms with Crippen molar-refractivity contribution in [2.24, 2.45) is 5.92 Å². The van der Waals surface area contributed by atoms with Crippen LogP contribution in [-0.4, -0.2) is 49.9 Å². The molecule has 1 amide bonds. The van der Waals surface area contributed by atoms with E-state index < -0.39 is 0 Å². The molecule has 1 N–H and O–H groups in total. The summed E-state index contributed by atoms with van der Waals surface area (Å²) in [7, 11) is 0. The molecule has 0 bridgehead atoms. The predicted octanol–water partition coefficient (Wildman–Crippen LogP) is 3.09. The number of hydrogen-bond acceptors (Lipinski definition) is 4. The third-order valence-electron chi connectivity index (χ3n) is 7.45. The molecule has 1 aliphatic carbocycles. The van der Waals surface area contributed by atoms with Gasteiger partial charge in [-0.2, -0.15) is 0 Å². The minimum atomic E-state index is -0.0422. The predicted molar refractivity (Wildman–Crippen MR) is 126 cm³/mol. The van der Waals surface area contributed by atoms with Crippen LogP contribution in [0.4, 0.5) is 0 Å². The number of benzene rings is 1. The zero-order valence-electron chi connectivity index (χ0n) is 19.0. The van der Waals surface area contributed by atoms with E-state index in [1.165, 1.54) is 12.8 Å². The Morgan fingerprint density at radius 1 is 1.09 bits per heavy atom. The van der Waals surface area contributed by atoms with Crippen molar-refractivity contribution in [2.75, 3.05) is 19.6 Å². The number of H-pyrrole nitrogens is 1. The van der Waals surface area contributed by atoms with Gasteiger partial charge in [0.25, 0.3) is 5.56 Å². The number of piperidine rings is 1. The number of carbonyl (C=O) groups excluding carboxylic acids is 1. The lowest BCUT2D eigenvalue weighted by molar-refractivity contribution is -0.134. The zero-order valence-corrected chi connectivity index (χ0v) is 19.0. The van der Waals surface area contributed by atoms with Crippen LogP contribution in [-0.2, 0) is 24.2 Å². The Labute approximate surface area is 193 Å². The van der Waals surface area contributed by atoms with Gasteiger partial charge in [-0.25, -0.2) is 9.50 Å². The van der Waals surface area contributed by atoms with Crippen molar-refractivity contribution in [1.82, 2.24) is 24.4 Å². The van der Waals surface area contributed by atoms with Gasteiger partial charge in [0.2, 0.25) is 5.91 Å². The van der Waals surface area contributed by atoms with Gasteiger partial charge in [-0.05, 0) is 43.6 Å². The van der Waals surface area contributed by atoms with Crippen molar-refractivity contribution >= 4 is 11.6 Å². The zero-order chi connectivity index (χ0) is 22.4. The lowest BCUT2D eigenvalue weighted by atomic mass is 9.98. The van der Waals surface area contributed by atoms with Gasteiger partial charge in [0.15, 0.2) is 5.65 Å². The second-order valence-corrected chi connectivity index (χ2v) is 9.94. The third kappa shape index (κ3) is 4.10. The van der Waals surface area contributed by atoms with E-state index in [2.05, 4.69) is 10.00 Å². The number of aromatic nitrogens is 3. The summed E-state index contributed by atoms with van der Waals surface area (Å²) < 4.78 is 1.60.